The van der Waals surface area contributed by atoms with Crippen LogP contribution in [0.15, 0.2) is 24.3 Å². The lowest BCUT2D eigenvalue weighted by Gasteiger charge is -2.32. The SMILES string of the molecule is COc1ccccc1OC[C@H](O)CN(C)C1CCCCC1. The molecule has 0 unspecified atom stereocenters. The number of hydrogen-bond donors (Lipinski definition) is 1. The van der Waals surface area contributed by atoms with Gasteiger partial charge >= 0.3 is 0 Å². The van der Waals surface area contributed by atoms with Crippen molar-refractivity contribution in [2.45, 2.75) is 44.2 Å². The minimum Gasteiger partial charge on any atom is -0.493 e. The predicted octanol–water partition coefficient (Wildman–Crippen LogP) is 2.70. The zero-order valence-corrected chi connectivity index (χ0v) is 13.1. The normalized spacial score (nSPS) is 17.7. The number of benzene rings is 1. The Morgan fingerprint density at radius 3 is 2.52 bits per heavy atom. The summed E-state index contributed by atoms with van der Waals surface area (Å²) in [6, 6.07) is 8.13. The average Bonchev–Trinajstić information content (AvgIpc) is 2.54. The molecule has 0 aromatic heterocycles. The molecule has 1 aliphatic carbocycles. The van der Waals surface area contributed by atoms with Crippen LogP contribution in [0.5, 0.6) is 11.5 Å². The largest absolute Gasteiger partial charge is 0.493 e. The fourth-order valence-electron chi connectivity index (χ4n) is 2.98. The van der Waals surface area contributed by atoms with Gasteiger partial charge in [-0.15, -0.1) is 0 Å². The summed E-state index contributed by atoms with van der Waals surface area (Å²) in [6.45, 7) is 0.942. The predicted molar refractivity (Wildman–Crippen MR) is 84.0 cm³/mol. The molecule has 1 N–H and O–H groups in total. The maximum atomic E-state index is 10.2. The molecule has 4 nitrogen and oxygen atoms in total. The maximum Gasteiger partial charge on any atom is 0.161 e. The van der Waals surface area contributed by atoms with Gasteiger partial charge in [-0.25, -0.2) is 0 Å². The topological polar surface area (TPSA) is 41.9 Å². The molecule has 0 saturated heterocycles. The van der Waals surface area contributed by atoms with E-state index in [0.29, 0.717) is 24.1 Å². The lowest BCUT2D eigenvalue weighted by atomic mass is 9.94. The maximum absolute atomic E-state index is 10.2. The van der Waals surface area contributed by atoms with E-state index in [1.807, 2.05) is 24.3 Å². The Hall–Kier alpha value is -1.26. The highest BCUT2D eigenvalue weighted by molar-refractivity contribution is 5.39. The molecule has 0 heterocycles. The van der Waals surface area contributed by atoms with E-state index in [2.05, 4.69) is 11.9 Å². The van der Waals surface area contributed by atoms with E-state index in [-0.39, 0.29) is 6.61 Å². The first-order valence-corrected chi connectivity index (χ1v) is 7.85. The molecule has 2 rings (SSSR count). The first-order chi connectivity index (χ1) is 10.2. The van der Waals surface area contributed by atoms with Gasteiger partial charge in [0.25, 0.3) is 0 Å². The molecular formula is C17H27NO3. The molecular weight excluding hydrogens is 266 g/mol. The van der Waals surface area contributed by atoms with E-state index in [9.17, 15) is 5.11 Å². The number of ether oxygens (including phenoxy) is 2. The molecule has 118 valence electrons. The summed E-state index contributed by atoms with van der Waals surface area (Å²) in [5.41, 5.74) is 0. The van der Waals surface area contributed by atoms with Gasteiger partial charge in [0, 0.05) is 12.6 Å². The Balaban J connectivity index is 1.77. The molecule has 0 amide bonds. The van der Waals surface area contributed by atoms with Gasteiger partial charge in [0.2, 0.25) is 0 Å². The van der Waals surface area contributed by atoms with Crippen molar-refractivity contribution in [1.82, 2.24) is 4.90 Å². The van der Waals surface area contributed by atoms with E-state index in [4.69, 9.17) is 9.47 Å². The second-order valence-electron chi connectivity index (χ2n) is 5.85. The second kappa shape index (κ2) is 8.25. The van der Waals surface area contributed by atoms with Crippen LogP contribution in [0, 0.1) is 0 Å². The van der Waals surface area contributed by atoms with Crippen LogP contribution in [-0.4, -0.2) is 49.5 Å². The standard InChI is InChI=1S/C17H27NO3/c1-18(14-8-4-3-5-9-14)12-15(19)13-21-17-11-7-6-10-16(17)20-2/h6-7,10-11,14-15,19H,3-5,8-9,12-13H2,1-2H3/t15-/m1/s1. The van der Waals surface area contributed by atoms with Crippen molar-refractivity contribution in [2.24, 2.45) is 0 Å². The highest BCUT2D eigenvalue weighted by atomic mass is 16.5. The Labute approximate surface area is 127 Å². The van der Waals surface area contributed by atoms with Gasteiger partial charge < -0.3 is 19.5 Å². The zero-order chi connectivity index (χ0) is 15.1. The van der Waals surface area contributed by atoms with Crippen LogP contribution >= 0.6 is 0 Å². The lowest BCUT2D eigenvalue weighted by molar-refractivity contribution is 0.0553. The van der Waals surface area contributed by atoms with Gasteiger partial charge in [-0.2, -0.15) is 0 Å². The summed E-state index contributed by atoms with van der Waals surface area (Å²) in [6.07, 6.45) is 5.98. The molecule has 0 aliphatic heterocycles. The molecule has 0 bridgehead atoms. The van der Waals surface area contributed by atoms with Crippen molar-refractivity contribution in [1.29, 1.82) is 0 Å². The molecule has 1 aromatic rings. The number of hydrogen-bond acceptors (Lipinski definition) is 4. The lowest BCUT2D eigenvalue weighted by Crippen LogP contribution is -2.40. The van der Waals surface area contributed by atoms with E-state index in [1.54, 1.807) is 7.11 Å². The minimum atomic E-state index is -0.484. The number of para-hydroxylation sites is 2. The molecule has 21 heavy (non-hydrogen) atoms. The van der Waals surface area contributed by atoms with Gasteiger partial charge in [-0.1, -0.05) is 31.4 Å². The molecule has 1 aromatic carbocycles. The van der Waals surface area contributed by atoms with Gasteiger partial charge in [-0.05, 0) is 32.0 Å². The van der Waals surface area contributed by atoms with Crippen molar-refractivity contribution in [3.8, 4) is 11.5 Å². The number of aliphatic hydroxyl groups is 1. The highest BCUT2D eigenvalue weighted by Gasteiger charge is 2.20. The molecule has 4 heteroatoms. The Bertz CT molecular complexity index is 418. The summed E-state index contributed by atoms with van der Waals surface area (Å²) >= 11 is 0. The Morgan fingerprint density at radius 2 is 1.86 bits per heavy atom. The van der Waals surface area contributed by atoms with Crippen LogP contribution in [0.2, 0.25) is 0 Å². The fourth-order valence-corrected chi connectivity index (χ4v) is 2.98. The summed E-state index contributed by atoms with van der Waals surface area (Å²) < 4.78 is 10.9. The van der Waals surface area contributed by atoms with Crippen molar-refractivity contribution in [3.05, 3.63) is 24.3 Å². The number of likely N-dealkylation sites (N-methyl/N-ethyl adjacent to an activating group) is 1. The summed E-state index contributed by atoms with van der Waals surface area (Å²) in [4.78, 5) is 2.27. The van der Waals surface area contributed by atoms with Gasteiger partial charge in [0.15, 0.2) is 11.5 Å². The molecule has 1 saturated carbocycles. The Kier molecular flexibility index (Phi) is 6.33. The summed E-state index contributed by atoms with van der Waals surface area (Å²) in [7, 11) is 3.72. The van der Waals surface area contributed by atoms with E-state index >= 15 is 0 Å². The fraction of sp³-hybridized carbons (Fsp3) is 0.647. The smallest absolute Gasteiger partial charge is 0.161 e. The van der Waals surface area contributed by atoms with Crippen LogP contribution in [0.1, 0.15) is 32.1 Å². The van der Waals surface area contributed by atoms with Gasteiger partial charge in [0.05, 0.1) is 7.11 Å². The minimum absolute atomic E-state index is 0.289. The van der Waals surface area contributed by atoms with Crippen molar-refractivity contribution in [2.75, 3.05) is 27.3 Å². The molecule has 0 radical (unpaired) electrons. The zero-order valence-electron chi connectivity index (χ0n) is 13.1. The van der Waals surface area contributed by atoms with E-state index < -0.39 is 6.10 Å². The van der Waals surface area contributed by atoms with Crippen LogP contribution in [-0.2, 0) is 0 Å². The number of nitrogens with zero attached hydrogens (tertiary/aromatic N) is 1. The quantitative estimate of drug-likeness (QED) is 0.839. The monoisotopic (exact) mass is 293 g/mol. The number of methoxy groups -OCH3 is 1. The van der Waals surface area contributed by atoms with Gasteiger partial charge in [-0.3, -0.25) is 0 Å². The highest BCUT2D eigenvalue weighted by Crippen LogP contribution is 2.26. The molecule has 1 fully saturated rings. The molecule has 0 spiro atoms. The van der Waals surface area contributed by atoms with Gasteiger partial charge in [0.1, 0.15) is 12.7 Å². The average molecular weight is 293 g/mol. The van der Waals surface area contributed by atoms with Crippen molar-refractivity contribution in [3.63, 3.8) is 0 Å². The molecule has 1 atom stereocenters. The van der Waals surface area contributed by atoms with Crippen molar-refractivity contribution >= 4 is 0 Å². The first-order valence-electron chi connectivity index (χ1n) is 7.85. The second-order valence-corrected chi connectivity index (χ2v) is 5.85. The third-order valence-corrected chi connectivity index (χ3v) is 4.20. The number of aliphatic hydroxyl groups excluding tert-OH is 1. The first kappa shape index (κ1) is 16.1. The van der Waals surface area contributed by atoms with E-state index in [0.717, 1.165) is 0 Å². The van der Waals surface area contributed by atoms with Crippen LogP contribution in [0.25, 0.3) is 0 Å². The third kappa shape index (κ3) is 4.90. The Morgan fingerprint density at radius 1 is 1.19 bits per heavy atom. The van der Waals surface area contributed by atoms with Crippen LogP contribution in [0.4, 0.5) is 0 Å². The third-order valence-electron chi connectivity index (χ3n) is 4.20. The summed E-state index contributed by atoms with van der Waals surface area (Å²) in [5.74, 6) is 1.38. The van der Waals surface area contributed by atoms with E-state index in [1.165, 1.54) is 32.1 Å². The van der Waals surface area contributed by atoms with Crippen molar-refractivity contribution < 1.29 is 14.6 Å². The number of rotatable bonds is 7. The van der Waals surface area contributed by atoms with Crippen LogP contribution in [0.3, 0.4) is 0 Å². The van der Waals surface area contributed by atoms with Crippen LogP contribution < -0.4 is 9.47 Å². The molecule has 1 aliphatic rings. The summed E-state index contributed by atoms with van der Waals surface area (Å²) in [5, 5.41) is 10.2.